The number of hydrogen-bond acceptors (Lipinski definition) is 5. The zero-order chi connectivity index (χ0) is 27.9. The number of aliphatic carboxylic acids is 1. The Morgan fingerprint density at radius 2 is 1.95 bits per heavy atom. The van der Waals surface area contributed by atoms with Crippen LogP contribution in [0.5, 0.6) is 5.75 Å². The molecule has 204 valence electrons. The van der Waals surface area contributed by atoms with E-state index in [9.17, 15) is 18.0 Å². The number of carbonyl (C=O) groups excluding carboxylic acids is 1. The van der Waals surface area contributed by atoms with Crippen LogP contribution >= 0.6 is 11.6 Å². The van der Waals surface area contributed by atoms with Gasteiger partial charge in [-0.2, -0.15) is 13.2 Å². The number of benzene rings is 2. The molecule has 3 aromatic rings. The number of likely N-dealkylation sites (tertiary alicyclic amines) is 1. The van der Waals surface area contributed by atoms with E-state index >= 15 is 0 Å². The van der Waals surface area contributed by atoms with E-state index in [1.54, 1.807) is 18.3 Å². The fourth-order valence-corrected chi connectivity index (χ4v) is 4.04. The molecule has 0 spiro atoms. The van der Waals surface area contributed by atoms with Gasteiger partial charge < -0.3 is 15.2 Å². The number of carbonyl (C=O) groups is 2. The number of alkyl halides is 3. The highest BCUT2D eigenvalue weighted by atomic mass is 35.5. The highest BCUT2D eigenvalue weighted by Gasteiger charge is 2.38. The Morgan fingerprint density at radius 3 is 2.61 bits per heavy atom. The van der Waals surface area contributed by atoms with E-state index in [1.165, 1.54) is 6.42 Å². The van der Waals surface area contributed by atoms with E-state index in [-0.39, 0.29) is 12.0 Å². The van der Waals surface area contributed by atoms with Crippen molar-refractivity contribution in [2.24, 2.45) is 5.92 Å². The van der Waals surface area contributed by atoms with E-state index in [1.807, 2.05) is 36.4 Å². The van der Waals surface area contributed by atoms with Gasteiger partial charge in [0.05, 0.1) is 10.5 Å². The number of hydrogen-bond donors (Lipinski definition) is 2. The van der Waals surface area contributed by atoms with Crippen LogP contribution in [0.2, 0.25) is 5.02 Å². The summed E-state index contributed by atoms with van der Waals surface area (Å²) >= 11 is 6.46. The molecule has 1 fully saturated rings. The van der Waals surface area contributed by atoms with Crippen LogP contribution in [0, 0.1) is 5.92 Å². The molecule has 1 atom stereocenters. The van der Waals surface area contributed by atoms with E-state index in [2.05, 4.69) is 29.0 Å². The Bertz CT molecular complexity index is 1270. The van der Waals surface area contributed by atoms with Crippen LogP contribution in [0.25, 0.3) is 10.9 Å². The van der Waals surface area contributed by atoms with E-state index in [4.69, 9.17) is 26.2 Å². The summed E-state index contributed by atoms with van der Waals surface area (Å²) in [6.45, 7) is 7.60. The minimum absolute atomic E-state index is 0.149. The molecule has 4 rings (SSSR count). The molecule has 38 heavy (non-hydrogen) atoms. The van der Waals surface area contributed by atoms with Gasteiger partial charge in [0.2, 0.25) is 0 Å². The Labute approximate surface area is 223 Å². The Balaban J connectivity index is 0.000000505. The first-order valence-electron chi connectivity index (χ1n) is 12.1. The summed E-state index contributed by atoms with van der Waals surface area (Å²) in [6.07, 6.45) is -0.988. The topological polar surface area (TPSA) is 91.8 Å². The van der Waals surface area contributed by atoms with E-state index in [0.717, 1.165) is 37.0 Å². The lowest BCUT2D eigenvalue weighted by Gasteiger charge is -2.18. The predicted molar refractivity (Wildman–Crippen MR) is 140 cm³/mol. The lowest BCUT2D eigenvalue weighted by atomic mass is 10.1. The minimum Gasteiger partial charge on any atom is -0.487 e. The number of pyridine rings is 1. The summed E-state index contributed by atoms with van der Waals surface area (Å²) in [5.41, 5.74) is 2.07. The van der Waals surface area contributed by atoms with Crippen LogP contribution in [0.1, 0.15) is 37.0 Å². The molecule has 1 aromatic heterocycles. The number of anilines is 1. The van der Waals surface area contributed by atoms with Crippen LogP contribution in [0.3, 0.4) is 0 Å². The minimum atomic E-state index is -5.08. The zero-order valence-corrected chi connectivity index (χ0v) is 21.7. The van der Waals surface area contributed by atoms with Gasteiger partial charge in [0.1, 0.15) is 11.9 Å². The summed E-state index contributed by atoms with van der Waals surface area (Å²) in [6, 6.07) is 14.7. The molecule has 1 aliphatic heterocycles. The number of nitrogens with zero attached hydrogens (tertiary/aromatic N) is 2. The molecule has 1 aliphatic rings. The molecule has 7 nitrogen and oxygen atoms in total. The lowest BCUT2D eigenvalue weighted by Crippen LogP contribution is -2.26. The summed E-state index contributed by atoms with van der Waals surface area (Å²) in [4.78, 5) is 28.3. The third kappa shape index (κ3) is 8.59. The van der Waals surface area contributed by atoms with Crippen molar-refractivity contribution in [2.45, 2.75) is 39.0 Å². The molecule has 0 radical (unpaired) electrons. The van der Waals surface area contributed by atoms with Gasteiger partial charge in [0.15, 0.2) is 0 Å². The van der Waals surface area contributed by atoms with Gasteiger partial charge in [-0.15, -0.1) is 0 Å². The quantitative estimate of drug-likeness (QED) is 0.359. The lowest BCUT2D eigenvalue weighted by molar-refractivity contribution is -0.192. The van der Waals surface area contributed by atoms with Crippen molar-refractivity contribution in [1.29, 1.82) is 0 Å². The second kappa shape index (κ2) is 12.9. The van der Waals surface area contributed by atoms with Gasteiger partial charge in [-0.3, -0.25) is 14.7 Å². The van der Waals surface area contributed by atoms with Gasteiger partial charge in [-0.1, -0.05) is 31.5 Å². The van der Waals surface area contributed by atoms with Gasteiger partial charge >= 0.3 is 12.1 Å². The van der Waals surface area contributed by atoms with E-state index < -0.39 is 12.1 Å². The Kier molecular flexibility index (Phi) is 9.93. The van der Waals surface area contributed by atoms with Crippen LogP contribution in [-0.2, 0) is 4.79 Å². The first-order valence-corrected chi connectivity index (χ1v) is 12.4. The van der Waals surface area contributed by atoms with Crippen molar-refractivity contribution in [3.63, 3.8) is 0 Å². The van der Waals surface area contributed by atoms with Crippen molar-refractivity contribution in [1.82, 2.24) is 9.88 Å². The maximum atomic E-state index is 12.7. The second-order valence-corrected chi connectivity index (χ2v) is 9.73. The molecule has 0 bridgehead atoms. The van der Waals surface area contributed by atoms with E-state index in [0.29, 0.717) is 27.9 Å². The Hall–Kier alpha value is -3.37. The summed E-state index contributed by atoms with van der Waals surface area (Å²) in [5, 5.41) is 11.5. The average molecular weight is 552 g/mol. The summed E-state index contributed by atoms with van der Waals surface area (Å²) in [5.74, 6) is -1.57. The van der Waals surface area contributed by atoms with Crippen molar-refractivity contribution in [3.05, 3.63) is 65.3 Å². The number of fused-ring (bicyclic) bond motifs is 1. The number of ether oxygens (including phenoxy) is 1. The molecular formula is C27H29ClF3N3O4. The highest BCUT2D eigenvalue weighted by Crippen LogP contribution is 2.30. The van der Waals surface area contributed by atoms with Crippen molar-refractivity contribution in [2.75, 3.05) is 25.0 Å². The van der Waals surface area contributed by atoms with Crippen LogP contribution in [0.4, 0.5) is 18.9 Å². The molecule has 1 unspecified atom stereocenters. The zero-order valence-electron chi connectivity index (χ0n) is 21.0. The Morgan fingerprint density at radius 1 is 1.21 bits per heavy atom. The SMILES string of the molecule is CC(C)CCN1CCC(Oc2ccc(NC(=O)c3ccc4ncccc4c3)cc2Cl)C1.O=C(O)C(F)(F)F. The van der Waals surface area contributed by atoms with Crippen LogP contribution in [-0.4, -0.2) is 58.8 Å². The van der Waals surface area contributed by atoms with Gasteiger partial charge in [0, 0.05) is 35.9 Å². The smallest absolute Gasteiger partial charge is 0.487 e. The summed E-state index contributed by atoms with van der Waals surface area (Å²) in [7, 11) is 0. The number of carboxylic acid groups (broad SMARTS) is 1. The van der Waals surface area contributed by atoms with Gasteiger partial charge in [0.25, 0.3) is 5.91 Å². The summed E-state index contributed by atoms with van der Waals surface area (Å²) < 4.78 is 37.9. The van der Waals surface area contributed by atoms with Crippen LogP contribution < -0.4 is 10.1 Å². The number of amides is 1. The molecule has 2 N–H and O–H groups in total. The third-order valence-corrected chi connectivity index (χ3v) is 6.14. The average Bonchev–Trinajstić information content (AvgIpc) is 3.31. The van der Waals surface area contributed by atoms with Gasteiger partial charge in [-0.05, 0) is 67.8 Å². The normalized spacial score (nSPS) is 15.7. The first kappa shape index (κ1) is 29.2. The predicted octanol–water partition coefficient (Wildman–Crippen LogP) is 6.27. The molecular weight excluding hydrogens is 523 g/mol. The number of rotatable bonds is 7. The molecule has 0 aliphatic carbocycles. The van der Waals surface area contributed by atoms with Crippen molar-refractivity contribution in [3.8, 4) is 5.75 Å². The fraction of sp³-hybridized carbons (Fsp3) is 0.370. The molecule has 2 aromatic carbocycles. The van der Waals surface area contributed by atoms with Crippen molar-refractivity contribution < 1.29 is 32.6 Å². The first-order chi connectivity index (χ1) is 17.9. The highest BCUT2D eigenvalue weighted by molar-refractivity contribution is 6.32. The fourth-order valence-electron chi connectivity index (χ4n) is 3.81. The van der Waals surface area contributed by atoms with Crippen molar-refractivity contribution >= 4 is 40.1 Å². The number of halogens is 4. The van der Waals surface area contributed by atoms with Gasteiger partial charge in [-0.25, -0.2) is 4.79 Å². The molecule has 1 saturated heterocycles. The number of aromatic nitrogens is 1. The maximum absolute atomic E-state index is 12.7. The number of nitrogens with one attached hydrogen (secondary N) is 1. The molecule has 0 saturated carbocycles. The molecule has 2 heterocycles. The monoisotopic (exact) mass is 551 g/mol. The van der Waals surface area contributed by atoms with Crippen LogP contribution in [0.15, 0.2) is 54.7 Å². The molecule has 11 heteroatoms. The maximum Gasteiger partial charge on any atom is 0.490 e. The second-order valence-electron chi connectivity index (χ2n) is 9.32. The largest absolute Gasteiger partial charge is 0.490 e. The standard InChI is InChI=1S/C25H28ClN3O2.C2HF3O2/c1-17(2)9-12-29-13-10-21(16-29)31-24-8-6-20(15-22(24)26)28-25(30)19-5-7-23-18(14-19)4-3-11-27-23;3-2(4,5)1(6)7/h3-8,11,14-15,17,21H,9-10,12-13,16H2,1-2H3,(H,28,30);(H,6,7). The molecule has 1 amide bonds. The number of carboxylic acids is 1. The third-order valence-electron chi connectivity index (χ3n) is 5.84.